The van der Waals surface area contributed by atoms with Crippen molar-refractivity contribution in [1.29, 1.82) is 0 Å². The second-order valence-corrected chi connectivity index (χ2v) is 10.9. The highest BCUT2D eigenvalue weighted by atomic mass is 32.2. The lowest BCUT2D eigenvalue weighted by Crippen LogP contribution is -2.42. The Labute approximate surface area is 164 Å². The van der Waals surface area contributed by atoms with Crippen molar-refractivity contribution in [2.24, 2.45) is 0 Å². The third kappa shape index (κ3) is 3.92. The largest absolute Gasteiger partial charge is 0.497 e. The number of sulfonamides is 1. The number of nitrogens with zero attached hydrogens (tertiary/aromatic N) is 1. The summed E-state index contributed by atoms with van der Waals surface area (Å²) in [5, 5.41) is -0.651. The highest BCUT2D eigenvalue weighted by molar-refractivity contribution is 7.92. The number of benzene rings is 2. The Balaban J connectivity index is 1.75. The Kier molecular flexibility index (Phi) is 5.79. The molecule has 1 saturated heterocycles. The van der Waals surface area contributed by atoms with E-state index in [0.29, 0.717) is 5.75 Å². The number of rotatable bonds is 5. The molecule has 0 spiro atoms. The van der Waals surface area contributed by atoms with Gasteiger partial charge in [-0.1, -0.05) is 0 Å². The molecule has 1 fully saturated rings. The molecule has 1 aliphatic rings. The van der Waals surface area contributed by atoms with Crippen molar-refractivity contribution in [3.8, 4) is 5.75 Å². The molecule has 2 aromatic rings. The standard InChI is InChI=1S/C19H22FNO5S2/c1-14-13-18(7-8-19(14)20)28(24,25)21-11-9-17(10-12-21)27(22,23)16-5-3-15(26-2)4-6-16/h3-8,13,17H,9-12H2,1-2H3. The summed E-state index contributed by atoms with van der Waals surface area (Å²) in [6, 6.07) is 9.83. The van der Waals surface area contributed by atoms with Gasteiger partial charge in [0.15, 0.2) is 9.84 Å². The Morgan fingerprint density at radius 3 is 2.07 bits per heavy atom. The van der Waals surface area contributed by atoms with E-state index in [2.05, 4.69) is 0 Å². The quantitative estimate of drug-likeness (QED) is 0.733. The Morgan fingerprint density at radius 1 is 0.964 bits per heavy atom. The average Bonchev–Trinajstić information content (AvgIpc) is 2.70. The van der Waals surface area contributed by atoms with Crippen LogP contribution < -0.4 is 4.74 Å². The fraction of sp³-hybridized carbons (Fsp3) is 0.368. The van der Waals surface area contributed by atoms with Crippen LogP contribution in [-0.2, 0) is 19.9 Å². The zero-order valence-electron chi connectivity index (χ0n) is 15.6. The molecule has 2 aromatic carbocycles. The van der Waals surface area contributed by atoms with Gasteiger partial charge in [0.25, 0.3) is 0 Å². The van der Waals surface area contributed by atoms with Gasteiger partial charge in [-0.2, -0.15) is 4.31 Å². The van der Waals surface area contributed by atoms with Crippen LogP contribution in [0.4, 0.5) is 4.39 Å². The van der Waals surface area contributed by atoms with E-state index < -0.39 is 30.9 Å². The van der Waals surface area contributed by atoms with Crippen LogP contribution in [0.2, 0.25) is 0 Å². The van der Waals surface area contributed by atoms with E-state index in [1.807, 2.05) is 0 Å². The van der Waals surface area contributed by atoms with Gasteiger partial charge < -0.3 is 4.74 Å². The molecular weight excluding hydrogens is 405 g/mol. The van der Waals surface area contributed by atoms with Crippen molar-refractivity contribution in [2.75, 3.05) is 20.2 Å². The lowest BCUT2D eigenvalue weighted by molar-refractivity contribution is 0.345. The molecule has 9 heteroatoms. The van der Waals surface area contributed by atoms with Crippen molar-refractivity contribution in [3.63, 3.8) is 0 Å². The highest BCUT2D eigenvalue weighted by Crippen LogP contribution is 2.29. The highest BCUT2D eigenvalue weighted by Gasteiger charge is 2.35. The maximum atomic E-state index is 13.4. The number of piperidine rings is 1. The van der Waals surface area contributed by atoms with E-state index in [1.165, 1.54) is 42.6 Å². The van der Waals surface area contributed by atoms with E-state index >= 15 is 0 Å². The summed E-state index contributed by atoms with van der Waals surface area (Å²) in [6.45, 7) is 1.69. The predicted octanol–water partition coefficient (Wildman–Crippen LogP) is 2.77. The molecular formula is C19H22FNO5S2. The minimum Gasteiger partial charge on any atom is -0.497 e. The molecule has 152 valence electrons. The third-order valence-corrected chi connectivity index (χ3v) is 9.17. The number of methoxy groups -OCH3 is 1. The summed E-state index contributed by atoms with van der Waals surface area (Å²) in [5.41, 5.74) is 0.248. The Bertz CT molecular complexity index is 1060. The van der Waals surface area contributed by atoms with E-state index in [9.17, 15) is 21.2 Å². The van der Waals surface area contributed by atoms with Crippen LogP contribution in [0.15, 0.2) is 52.3 Å². The van der Waals surface area contributed by atoms with Crippen LogP contribution in [0.5, 0.6) is 5.75 Å². The maximum Gasteiger partial charge on any atom is 0.243 e. The molecule has 0 N–H and O–H groups in total. The van der Waals surface area contributed by atoms with Gasteiger partial charge in [0.05, 0.1) is 22.2 Å². The molecule has 1 heterocycles. The predicted molar refractivity (Wildman–Crippen MR) is 103 cm³/mol. The van der Waals surface area contributed by atoms with Gasteiger partial charge in [0.2, 0.25) is 10.0 Å². The van der Waals surface area contributed by atoms with Gasteiger partial charge in [-0.3, -0.25) is 0 Å². The lowest BCUT2D eigenvalue weighted by atomic mass is 10.2. The monoisotopic (exact) mass is 427 g/mol. The first-order chi connectivity index (χ1) is 13.2. The van der Waals surface area contributed by atoms with E-state index in [-0.39, 0.29) is 41.3 Å². The zero-order chi connectivity index (χ0) is 20.5. The molecule has 3 rings (SSSR count). The molecule has 0 bridgehead atoms. The van der Waals surface area contributed by atoms with Gasteiger partial charge in [-0.15, -0.1) is 0 Å². The van der Waals surface area contributed by atoms with Crippen LogP contribution in [0.3, 0.4) is 0 Å². The third-order valence-electron chi connectivity index (χ3n) is 4.99. The van der Waals surface area contributed by atoms with Crippen molar-refractivity contribution in [1.82, 2.24) is 4.31 Å². The molecule has 28 heavy (non-hydrogen) atoms. The number of ether oxygens (including phenoxy) is 1. The van der Waals surface area contributed by atoms with E-state index in [0.717, 1.165) is 6.07 Å². The number of hydrogen-bond acceptors (Lipinski definition) is 5. The molecule has 0 amide bonds. The van der Waals surface area contributed by atoms with Crippen molar-refractivity contribution in [2.45, 2.75) is 34.8 Å². The smallest absolute Gasteiger partial charge is 0.243 e. The van der Waals surface area contributed by atoms with Crippen molar-refractivity contribution >= 4 is 19.9 Å². The summed E-state index contributed by atoms with van der Waals surface area (Å²) in [4.78, 5) is 0.214. The van der Waals surface area contributed by atoms with E-state index in [4.69, 9.17) is 4.74 Å². The zero-order valence-corrected chi connectivity index (χ0v) is 17.3. The molecule has 0 atom stereocenters. The van der Waals surface area contributed by atoms with Crippen molar-refractivity contribution in [3.05, 3.63) is 53.8 Å². The van der Waals surface area contributed by atoms with Gasteiger partial charge in [-0.05, 0) is 67.8 Å². The fourth-order valence-corrected chi connectivity index (χ4v) is 6.55. The normalized spacial score (nSPS) is 16.8. The second kappa shape index (κ2) is 7.81. The first-order valence-electron chi connectivity index (χ1n) is 8.80. The number of halogens is 1. The number of sulfone groups is 1. The molecule has 6 nitrogen and oxygen atoms in total. The molecule has 0 unspecified atom stereocenters. The Morgan fingerprint density at radius 2 is 1.54 bits per heavy atom. The van der Waals surface area contributed by atoms with Gasteiger partial charge in [-0.25, -0.2) is 21.2 Å². The topological polar surface area (TPSA) is 80.8 Å². The van der Waals surface area contributed by atoms with Crippen LogP contribution in [-0.4, -0.2) is 46.6 Å². The maximum absolute atomic E-state index is 13.4. The molecule has 1 aliphatic heterocycles. The summed E-state index contributed by atoms with van der Waals surface area (Å²) < 4.78 is 71.0. The van der Waals surface area contributed by atoms with Crippen LogP contribution in [0.25, 0.3) is 0 Å². The average molecular weight is 428 g/mol. The van der Waals surface area contributed by atoms with Crippen molar-refractivity contribution < 1.29 is 26.0 Å². The summed E-state index contributed by atoms with van der Waals surface area (Å²) in [7, 11) is -5.85. The fourth-order valence-electron chi connectivity index (χ4n) is 3.27. The first-order valence-corrected chi connectivity index (χ1v) is 11.8. The molecule has 0 radical (unpaired) electrons. The number of aryl methyl sites for hydroxylation is 1. The molecule has 0 aliphatic carbocycles. The first kappa shape index (κ1) is 20.8. The Hall–Kier alpha value is -1.97. The molecule has 0 saturated carbocycles. The van der Waals surface area contributed by atoms with Crippen LogP contribution in [0, 0.1) is 12.7 Å². The minimum atomic E-state index is -3.79. The van der Waals surface area contributed by atoms with Crippen LogP contribution in [0.1, 0.15) is 18.4 Å². The second-order valence-electron chi connectivity index (χ2n) is 6.73. The van der Waals surface area contributed by atoms with Gasteiger partial charge in [0.1, 0.15) is 11.6 Å². The lowest BCUT2D eigenvalue weighted by Gasteiger charge is -2.31. The van der Waals surface area contributed by atoms with Crippen LogP contribution >= 0.6 is 0 Å². The summed E-state index contributed by atoms with van der Waals surface area (Å²) >= 11 is 0. The SMILES string of the molecule is COc1ccc(S(=O)(=O)C2CCN(S(=O)(=O)c3ccc(F)c(C)c3)CC2)cc1. The van der Waals surface area contributed by atoms with Gasteiger partial charge >= 0.3 is 0 Å². The minimum absolute atomic E-state index is 0.0165. The van der Waals surface area contributed by atoms with Gasteiger partial charge in [0, 0.05) is 13.1 Å². The number of hydrogen-bond donors (Lipinski definition) is 0. The summed E-state index contributed by atoms with van der Waals surface area (Å²) in [6.07, 6.45) is 0.404. The molecule has 0 aromatic heterocycles. The van der Waals surface area contributed by atoms with E-state index in [1.54, 1.807) is 12.1 Å². The summed E-state index contributed by atoms with van der Waals surface area (Å²) in [5.74, 6) is 0.0951.